The molecule has 2 aromatic carbocycles. The number of aromatic amines is 1. The van der Waals surface area contributed by atoms with Crippen molar-refractivity contribution >= 4 is 16.9 Å². The number of rotatable bonds is 5. The first-order chi connectivity index (χ1) is 12.3. The maximum Gasteiger partial charge on any atom is 0.287 e. The van der Waals surface area contributed by atoms with Gasteiger partial charge in [0.25, 0.3) is 5.91 Å². The number of imidazole rings is 1. The number of nitrogens with zero attached hydrogens (tertiary/aromatic N) is 3. The molecule has 7 heteroatoms. The van der Waals surface area contributed by atoms with Crippen molar-refractivity contribution < 1.29 is 9.21 Å². The predicted octanol–water partition coefficient (Wildman–Crippen LogP) is 2.59. The van der Waals surface area contributed by atoms with E-state index in [0.29, 0.717) is 24.7 Å². The summed E-state index contributed by atoms with van der Waals surface area (Å²) < 4.78 is 5.61. The van der Waals surface area contributed by atoms with Gasteiger partial charge in [-0.15, -0.1) is 10.2 Å². The lowest BCUT2D eigenvalue weighted by molar-refractivity contribution is 0.0944. The first-order valence-corrected chi connectivity index (χ1v) is 7.90. The Morgan fingerprint density at radius 3 is 2.68 bits per heavy atom. The van der Waals surface area contributed by atoms with Crippen molar-refractivity contribution in [3.8, 4) is 11.5 Å². The summed E-state index contributed by atoms with van der Waals surface area (Å²) >= 11 is 0. The number of aromatic nitrogens is 4. The molecule has 2 aromatic heterocycles. The van der Waals surface area contributed by atoms with E-state index in [1.54, 1.807) is 0 Å². The standard InChI is InChI=1S/C18H15N5O2/c24-17(16-20-13-8-4-5-9-14(13)21-16)19-11-10-15-22-23-18(25-15)12-6-2-1-3-7-12/h1-9H,10-11H2,(H,19,24)(H,20,21). The largest absolute Gasteiger partial charge is 0.421 e. The molecule has 0 radical (unpaired) electrons. The lowest BCUT2D eigenvalue weighted by Crippen LogP contribution is -2.26. The Hall–Kier alpha value is -3.48. The van der Waals surface area contributed by atoms with Gasteiger partial charge in [-0.1, -0.05) is 30.3 Å². The van der Waals surface area contributed by atoms with Crippen LogP contribution in [-0.4, -0.2) is 32.6 Å². The number of hydrogen-bond donors (Lipinski definition) is 2. The van der Waals surface area contributed by atoms with Crippen molar-refractivity contribution in [2.75, 3.05) is 6.54 Å². The van der Waals surface area contributed by atoms with Gasteiger partial charge in [-0.2, -0.15) is 0 Å². The highest BCUT2D eigenvalue weighted by Gasteiger charge is 2.12. The Morgan fingerprint density at radius 1 is 1.04 bits per heavy atom. The van der Waals surface area contributed by atoms with Gasteiger partial charge >= 0.3 is 0 Å². The minimum Gasteiger partial charge on any atom is -0.421 e. The smallest absolute Gasteiger partial charge is 0.287 e. The van der Waals surface area contributed by atoms with E-state index in [2.05, 4.69) is 25.5 Å². The summed E-state index contributed by atoms with van der Waals surface area (Å²) in [6, 6.07) is 17.1. The van der Waals surface area contributed by atoms with Crippen LogP contribution in [-0.2, 0) is 6.42 Å². The highest BCUT2D eigenvalue weighted by atomic mass is 16.4. The molecule has 4 aromatic rings. The van der Waals surface area contributed by atoms with Crippen LogP contribution in [0.25, 0.3) is 22.5 Å². The van der Waals surface area contributed by atoms with E-state index >= 15 is 0 Å². The lowest BCUT2D eigenvalue weighted by Gasteiger charge is -2.00. The number of para-hydroxylation sites is 2. The quantitative estimate of drug-likeness (QED) is 0.585. The molecular formula is C18H15N5O2. The summed E-state index contributed by atoms with van der Waals surface area (Å²) in [7, 11) is 0. The first-order valence-electron chi connectivity index (χ1n) is 7.90. The third-order valence-electron chi connectivity index (χ3n) is 3.72. The third kappa shape index (κ3) is 3.25. The fraction of sp³-hybridized carbons (Fsp3) is 0.111. The van der Waals surface area contributed by atoms with Crippen LogP contribution in [0.4, 0.5) is 0 Å². The first kappa shape index (κ1) is 15.1. The van der Waals surface area contributed by atoms with Crippen LogP contribution in [0.2, 0.25) is 0 Å². The predicted molar refractivity (Wildman–Crippen MR) is 91.9 cm³/mol. The molecule has 2 heterocycles. The van der Waals surface area contributed by atoms with E-state index in [0.717, 1.165) is 16.6 Å². The molecule has 0 fully saturated rings. The van der Waals surface area contributed by atoms with Crippen molar-refractivity contribution in [3.63, 3.8) is 0 Å². The molecule has 7 nitrogen and oxygen atoms in total. The topological polar surface area (TPSA) is 96.7 Å². The Labute approximate surface area is 143 Å². The fourth-order valence-electron chi connectivity index (χ4n) is 2.48. The van der Waals surface area contributed by atoms with Crippen LogP contribution in [0.1, 0.15) is 16.5 Å². The zero-order valence-corrected chi connectivity index (χ0v) is 13.3. The number of amides is 1. The van der Waals surface area contributed by atoms with E-state index in [1.165, 1.54) is 0 Å². The minimum atomic E-state index is -0.265. The van der Waals surface area contributed by atoms with Gasteiger partial charge in [0, 0.05) is 18.5 Å². The molecule has 25 heavy (non-hydrogen) atoms. The Bertz CT molecular complexity index is 973. The van der Waals surface area contributed by atoms with E-state index < -0.39 is 0 Å². The second-order valence-corrected chi connectivity index (χ2v) is 5.48. The summed E-state index contributed by atoms with van der Waals surface area (Å²) in [5, 5.41) is 10.8. The molecule has 4 rings (SSSR count). The molecule has 2 N–H and O–H groups in total. The number of H-pyrrole nitrogens is 1. The monoisotopic (exact) mass is 333 g/mol. The van der Waals surface area contributed by atoms with Crippen molar-refractivity contribution in [3.05, 3.63) is 66.3 Å². The summed E-state index contributed by atoms with van der Waals surface area (Å²) in [5.74, 6) is 0.971. The average molecular weight is 333 g/mol. The van der Waals surface area contributed by atoms with Gasteiger partial charge in [0.05, 0.1) is 11.0 Å². The van der Waals surface area contributed by atoms with Gasteiger partial charge in [0.2, 0.25) is 11.8 Å². The number of nitrogens with one attached hydrogen (secondary N) is 2. The lowest BCUT2D eigenvalue weighted by atomic mass is 10.2. The molecule has 0 atom stereocenters. The van der Waals surface area contributed by atoms with Crippen molar-refractivity contribution in [1.29, 1.82) is 0 Å². The van der Waals surface area contributed by atoms with Crippen molar-refractivity contribution in [2.24, 2.45) is 0 Å². The van der Waals surface area contributed by atoms with Gasteiger partial charge in [-0.05, 0) is 24.3 Å². The van der Waals surface area contributed by atoms with Gasteiger partial charge in [-0.25, -0.2) is 4.98 Å². The maximum absolute atomic E-state index is 12.2. The Morgan fingerprint density at radius 2 is 1.84 bits per heavy atom. The van der Waals surface area contributed by atoms with Crippen LogP contribution < -0.4 is 5.32 Å². The maximum atomic E-state index is 12.2. The number of carbonyl (C=O) groups is 1. The molecule has 1 amide bonds. The highest BCUT2D eigenvalue weighted by Crippen LogP contribution is 2.16. The molecule has 0 bridgehead atoms. The van der Waals surface area contributed by atoms with Crippen LogP contribution in [0.15, 0.2) is 59.0 Å². The molecule has 124 valence electrons. The molecule has 0 unspecified atom stereocenters. The van der Waals surface area contributed by atoms with Crippen molar-refractivity contribution in [1.82, 2.24) is 25.5 Å². The normalized spacial score (nSPS) is 10.9. The number of carbonyl (C=O) groups excluding carboxylic acids is 1. The second-order valence-electron chi connectivity index (χ2n) is 5.48. The van der Waals surface area contributed by atoms with Crippen LogP contribution in [0, 0.1) is 0 Å². The van der Waals surface area contributed by atoms with Crippen LogP contribution >= 0.6 is 0 Å². The van der Waals surface area contributed by atoms with Crippen molar-refractivity contribution in [2.45, 2.75) is 6.42 Å². The molecule has 0 saturated carbocycles. The average Bonchev–Trinajstić information content (AvgIpc) is 3.29. The Kier molecular flexibility index (Phi) is 3.96. The molecule has 0 aliphatic carbocycles. The summed E-state index contributed by atoms with van der Waals surface area (Å²) in [6.07, 6.45) is 0.450. The van der Waals surface area contributed by atoms with Gasteiger partial charge < -0.3 is 14.7 Å². The zero-order chi connectivity index (χ0) is 17.1. The SMILES string of the molecule is O=C(NCCc1nnc(-c2ccccc2)o1)c1nc2ccccc2[nH]1. The summed E-state index contributed by atoms with van der Waals surface area (Å²) in [5.41, 5.74) is 2.46. The minimum absolute atomic E-state index is 0.265. The fourth-order valence-corrected chi connectivity index (χ4v) is 2.48. The summed E-state index contributed by atoms with van der Waals surface area (Å²) in [6.45, 7) is 0.381. The number of hydrogen-bond acceptors (Lipinski definition) is 5. The van der Waals surface area contributed by atoms with E-state index in [4.69, 9.17) is 4.42 Å². The number of fused-ring (bicyclic) bond motifs is 1. The molecule has 0 aliphatic rings. The zero-order valence-electron chi connectivity index (χ0n) is 13.3. The summed E-state index contributed by atoms with van der Waals surface area (Å²) in [4.78, 5) is 19.4. The third-order valence-corrected chi connectivity index (χ3v) is 3.72. The molecule has 0 aliphatic heterocycles. The van der Waals surface area contributed by atoms with Gasteiger partial charge in [0.1, 0.15) is 0 Å². The molecule has 0 spiro atoms. The Balaban J connectivity index is 1.36. The molecular weight excluding hydrogens is 318 g/mol. The van der Waals surface area contributed by atoms with E-state index in [-0.39, 0.29) is 11.7 Å². The van der Waals surface area contributed by atoms with E-state index in [9.17, 15) is 4.79 Å². The number of benzene rings is 2. The van der Waals surface area contributed by atoms with Gasteiger partial charge in [-0.3, -0.25) is 4.79 Å². The highest BCUT2D eigenvalue weighted by molar-refractivity contribution is 5.94. The second kappa shape index (κ2) is 6.56. The van der Waals surface area contributed by atoms with Crippen LogP contribution in [0.3, 0.4) is 0 Å². The molecule has 0 saturated heterocycles. The van der Waals surface area contributed by atoms with Gasteiger partial charge in [0.15, 0.2) is 5.82 Å². The van der Waals surface area contributed by atoms with E-state index in [1.807, 2.05) is 54.6 Å². The van der Waals surface area contributed by atoms with Crippen LogP contribution in [0.5, 0.6) is 0 Å².